The topological polar surface area (TPSA) is 69.6 Å². The summed E-state index contributed by atoms with van der Waals surface area (Å²) in [5.74, 6) is -0.286. The fraction of sp³-hybridized carbons (Fsp3) is 0.417. The van der Waals surface area contributed by atoms with E-state index in [1.165, 1.54) is 6.07 Å². The molecule has 4 nitrogen and oxygen atoms in total. The van der Waals surface area contributed by atoms with Crippen molar-refractivity contribution >= 4 is 28.5 Å². The van der Waals surface area contributed by atoms with Crippen molar-refractivity contribution in [2.45, 2.75) is 19.9 Å². The molecule has 0 saturated carbocycles. The molecule has 5 heteroatoms. The number of rotatable bonds is 4. The summed E-state index contributed by atoms with van der Waals surface area (Å²) in [5, 5.41) is 21.4. The zero-order valence-corrected chi connectivity index (χ0v) is 11.9. The number of halogens is 1. The summed E-state index contributed by atoms with van der Waals surface area (Å²) in [6.45, 7) is 3.71. The molecule has 1 aromatic carbocycles. The van der Waals surface area contributed by atoms with Crippen molar-refractivity contribution in [3.05, 3.63) is 27.3 Å². The van der Waals surface area contributed by atoms with Crippen molar-refractivity contribution in [1.82, 2.24) is 5.32 Å². The van der Waals surface area contributed by atoms with Crippen LogP contribution >= 0.6 is 22.6 Å². The number of phenolic OH excluding ortho intramolecular Hbond substituents is 1. The smallest absolute Gasteiger partial charge is 0.255 e. The molecule has 0 heterocycles. The Hall–Kier alpha value is -0.820. The molecule has 1 atom stereocenters. The highest BCUT2D eigenvalue weighted by Gasteiger charge is 2.18. The zero-order valence-electron chi connectivity index (χ0n) is 9.77. The summed E-state index contributed by atoms with van der Waals surface area (Å²) in [6.07, 6.45) is 0. The molecule has 0 fully saturated rings. The van der Waals surface area contributed by atoms with E-state index in [9.17, 15) is 9.90 Å². The van der Waals surface area contributed by atoms with E-state index in [1.807, 2.05) is 13.8 Å². The first-order chi connectivity index (χ1) is 7.95. The van der Waals surface area contributed by atoms with Crippen LogP contribution in [0.5, 0.6) is 5.75 Å². The summed E-state index contributed by atoms with van der Waals surface area (Å²) in [6, 6.07) is 4.51. The average molecular weight is 349 g/mol. The van der Waals surface area contributed by atoms with Gasteiger partial charge in [0.2, 0.25) is 0 Å². The Balaban J connectivity index is 2.86. The van der Waals surface area contributed by atoms with E-state index >= 15 is 0 Å². The van der Waals surface area contributed by atoms with Crippen LogP contribution in [0.1, 0.15) is 24.2 Å². The minimum absolute atomic E-state index is 0.0524. The third-order valence-electron chi connectivity index (χ3n) is 2.52. The van der Waals surface area contributed by atoms with Gasteiger partial charge < -0.3 is 15.5 Å². The number of aliphatic hydroxyl groups excluding tert-OH is 1. The lowest BCUT2D eigenvalue weighted by atomic mass is 10.0. The predicted molar refractivity (Wildman–Crippen MR) is 74.0 cm³/mol. The van der Waals surface area contributed by atoms with Crippen molar-refractivity contribution in [2.24, 2.45) is 5.92 Å². The Morgan fingerprint density at radius 1 is 1.47 bits per heavy atom. The van der Waals surface area contributed by atoms with Gasteiger partial charge in [-0.1, -0.05) is 13.8 Å². The maximum Gasteiger partial charge on any atom is 0.255 e. The van der Waals surface area contributed by atoms with Gasteiger partial charge in [0, 0.05) is 3.57 Å². The number of benzene rings is 1. The third-order valence-corrected chi connectivity index (χ3v) is 3.19. The van der Waals surface area contributed by atoms with Crippen LogP contribution in [0.25, 0.3) is 0 Å². The van der Waals surface area contributed by atoms with Crippen LogP contribution in [-0.4, -0.2) is 28.8 Å². The molecule has 0 radical (unpaired) electrons. The normalized spacial score (nSPS) is 12.5. The number of amides is 1. The van der Waals surface area contributed by atoms with Gasteiger partial charge in [0.1, 0.15) is 5.75 Å². The molecule has 0 saturated heterocycles. The monoisotopic (exact) mass is 349 g/mol. The number of aromatic hydroxyl groups is 1. The SMILES string of the molecule is CC(C)C(CO)NC(=O)c1cc(I)ccc1O. The van der Waals surface area contributed by atoms with Crippen molar-refractivity contribution in [2.75, 3.05) is 6.61 Å². The first-order valence-corrected chi connectivity index (χ1v) is 6.43. The Kier molecular flexibility index (Phi) is 5.20. The van der Waals surface area contributed by atoms with Gasteiger partial charge in [-0.3, -0.25) is 4.79 Å². The van der Waals surface area contributed by atoms with Crippen LogP contribution in [0, 0.1) is 9.49 Å². The van der Waals surface area contributed by atoms with E-state index in [1.54, 1.807) is 12.1 Å². The molecule has 1 aromatic rings. The number of nitrogens with one attached hydrogen (secondary N) is 1. The van der Waals surface area contributed by atoms with E-state index in [0.717, 1.165) is 3.57 Å². The molecule has 0 aliphatic heterocycles. The van der Waals surface area contributed by atoms with E-state index in [2.05, 4.69) is 27.9 Å². The highest BCUT2D eigenvalue weighted by Crippen LogP contribution is 2.19. The van der Waals surface area contributed by atoms with Crippen LogP contribution in [-0.2, 0) is 0 Å². The second-order valence-electron chi connectivity index (χ2n) is 4.17. The van der Waals surface area contributed by atoms with Crippen LogP contribution < -0.4 is 5.32 Å². The molecule has 17 heavy (non-hydrogen) atoms. The minimum atomic E-state index is -0.367. The zero-order chi connectivity index (χ0) is 13.0. The molecular formula is C12H16INO3. The number of carbonyl (C=O) groups is 1. The Morgan fingerprint density at radius 2 is 2.12 bits per heavy atom. The summed E-state index contributed by atoms with van der Waals surface area (Å²) >= 11 is 2.07. The lowest BCUT2D eigenvalue weighted by Gasteiger charge is -2.20. The van der Waals surface area contributed by atoms with Crippen molar-refractivity contribution in [3.63, 3.8) is 0 Å². The van der Waals surface area contributed by atoms with Gasteiger partial charge in [-0.25, -0.2) is 0 Å². The molecule has 0 aliphatic carbocycles. The maximum atomic E-state index is 11.9. The number of phenols is 1. The first-order valence-electron chi connectivity index (χ1n) is 5.36. The Bertz CT molecular complexity index is 407. The van der Waals surface area contributed by atoms with Crippen LogP contribution in [0.2, 0.25) is 0 Å². The molecule has 0 aromatic heterocycles. The molecule has 0 bridgehead atoms. The number of hydrogen-bond acceptors (Lipinski definition) is 3. The lowest BCUT2D eigenvalue weighted by molar-refractivity contribution is 0.0894. The fourth-order valence-electron chi connectivity index (χ4n) is 1.36. The molecule has 0 spiro atoms. The molecule has 0 aliphatic rings. The molecule has 1 rings (SSSR count). The van der Waals surface area contributed by atoms with Crippen molar-refractivity contribution in [3.8, 4) is 5.75 Å². The molecule has 94 valence electrons. The van der Waals surface area contributed by atoms with E-state index in [4.69, 9.17) is 5.11 Å². The molecule has 3 N–H and O–H groups in total. The summed E-state index contributed by atoms with van der Waals surface area (Å²) < 4.78 is 0.871. The number of hydrogen-bond donors (Lipinski definition) is 3. The van der Waals surface area contributed by atoms with Gasteiger partial charge in [0.15, 0.2) is 0 Å². The largest absolute Gasteiger partial charge is 0.507 e. The van der Waals surface area contributed by atoms with Gasteiger partial charge in [-0.15, -0.1) is 0 Å². The van der Waals surface area contributed by atoms with Gasteiger partial charge in [-0.2, -0.15) is 0 Å². The van der Waals surface area contributed by atoms with Gasteiger partial charge >= 0.3 is 0 Å². The standard InChI is InChI=1S/C12H16INO3/c1-7(2)10(6-15)14-12(17)9-5-8(13)3-4-11(9)16/h3-5,7,10,15-16H,6H2,1-2H3,(H,14,17). The quantitative estimate of drug-likeness (QED) is 0.726. The van der Waals surface area contributed by atoms with Gasteiger partial charge in [-0.05, 0) is 46.7 Å². The lowest BCUT2D eigenvalue weighted by Crippen LogP contribution is -2.41. The third kappa shape index (κ3) is 3.85. The highest BCUT2D eigenvalue weighted by atomic mass is 127. The average Bonchev–Trinajstić information content (AvgIpc) is 2.28. The summed E-state index contributed by atoms with van der Waals surface area (Å²) in [7, 11) is 0. The predicted octanol–water partition coefficient (Wildman–Crippen LogP) is 1.74. The van der Waals surface area contributed by atoms with Crippen LogP contribution in [0.3, 0.4) is 0 Å². The number of carbonyl (C=O) groups excluding carboxylic acids is 1. The highest BCUT2D eigenvalue weighted by molar-refractivity contribution is 14.1. The van der Waals surface area contributed by atoms with Gasteiger partial charge in [0.05, 0.1) is 18.2 Å². The number of aliphatic hydroxyl groups is 1. The Labute approximate surface area is 114 Å². The maximum absolute atomic E-state index is 11.9. The molecular weight excluding hydrogens is 333 g/mol. The minimum Gasteiger partial charge on any atom is -0.507 e. The molecule has 1 unspecified atom stereocenters. The van der Waals surface area contributed by atoms with E-state index in [-0.39, 0.29) is 35.8 Å². The second-order valence-corrected chi connectivity index (χ2v) is 5.41. The fourth-order valence-corrected chi connectivity index (χ4v) is 1.85. The van der Waals surface area contributed by atoms with E-state index < -0.39 is 0 Å². The van der Waals surface area contributed by atoms with Gasteiger partial charge in [0.25, 0.3) is 5.91 Å². The second kappa shape index (κ2) is 6.20. The van der Waals surface area contributed by atoms with Crippen LogP contribution in [0.15, 0.2) is 18.2 Å². The summed E-state index contributed by atoms with van der Waals surface area (Å²) in [5.41, 5.74) is 0.232. The first kappa shape index (κ1) is 14.2. The van der Waals surface area contributed by atoms with Crippen molar-refractivity contribution in [1.29, 1.82) is 0 Å². The summed E-state index contributed by atoms with van der Waals surface area (Å²) in [4.78, 5) is 11.9. The van der Waals surface area contributed by atoms with Crippen molar-refractivity contribution < 1.29 is 15.0 Å². The Morgan fingerprint density at radius 3 is 2.65 bits per heavy atom. The van der Waals surface area contributed by atoms with Crippen LogP contribution in [0.4, 0.5) is 0 Å². The van der Waals surface area contributed by atoms with E-state index in [0.29, 0.717) is 0 Å². The molecule has 1 amide bonds.